The number of hydrogen-bond donors (Lipinski definition) is 2. The van der Waals surface area contributed by atoms with Crippen molar-refractivity contribution in [3.63, 3.8) is 0 Å². The average Bonchev–Trinajstić information content (AvgIpc) is 3.11. The molecular weight excluding hydrogens is 386 g/mol. The third-order valence-corrected chi connectivity index (χ3v) is 6.11. The minimum Gasteiger partial charge on any atom is -0.438 e. The van der Waals surface area contributed by atoms with Gasteiger partial charge in [-0.3, -0.25) is 10.1 Å². The summed E-state index contributed by atoms with van der Waals surface area (Å²) in [5.41, 5.74) is 2.32. The van der Waals surface area contributed by atoms with Crippen LogP contribution in [0.25, 0.3) is 10.2 Å². The second-order valence-electron chi connectivity index (χ2n) is 7.38. The van der Waals surface area contributed by atoms with Crippen LogP contribution in [0.4, 0.5) is 5.13 Å². The van der Waals surface area contributed by atoms with Crippen LogP contribution in [-0.4, -0.2) is 24.8 Å². The van der Waals surface area contributed by atoms with Gasteiger partial charge in [0, 0.05) is 5.54 Å². The van der Waals surface area contributed by atoms with E-state index in [-0.39, 0.29) is 10.9 Å². The van der Waals surface area contributed by atoms with Gasteiger partial charge in [0.15, 0.2) is 10.9 Å². The van der Waals surface area contributed by atoms with Gasteiger partial charge in [0.05, 0.1) is 10.2 Å². The topological polar surface area (TPSA) is 101 Å². The maximum Gasteiger partial charge on any atom is 0.293 e. The highest BCUT2D eigenvalue weighted by molar-refractivity contribution is 7.89. The third-order valence-electron chi connectivity index (χ3n) is 3.56. The fraction of sp³-hybridized carbons (Fsp3) is 0.333. The Morgan fingerprint density at radius 3 is 2.56 bits per heavy atom. The maximum absolute atomic E-state index is 12.4. The number of carbonyl (C=O) groups is 1. The lowest BCUT2D eigenvalue weighted by Gasteiger charge is -2.18. The Morgan fingerprint density at radius 2 is 1.89 bits per heavy atom. The lowest BCUT2D eigenvalue weighted by molar-refractivity contribution is 0.0991. The molecule has 0 bridgehead atoms. The number of anilines is 1. The van der Waals surface area contributed by atoms with E-state index < -0.39 is 21.5 Å². The van der Waals surface area contributed by atoms with E-state index in [9.17, 15) is 13.2 Å². The molecule has 1 aromatic carbocycles. The Bertz CT molecular complexity index is 1120. The highest BCUT2D eigenvalue weighted by Crippen LogP contribution is 2.29. The molecule has 0 atom stereocenters. The van der Waals surface area contributed by atoms with Gasteiger partial charge < -0.3 is 4.42 Å². The number of nitrogens with one attached hydrogen (secondary N) is 2. The summed E-state index contributed by atoms with van der Waals surface area (Å²) in [6.07, 6.45) is 0. The number of carbonyl (C=O) groups excluding carboxylic acids is 1. The number of benzene rings is 1. The summed E-state index contributed by atoms with van der Waals surface area (Å²) in [4.78, 5) is 16.9. The highest BCUT2D eigenvalue weighted by Gasteiger charge is 2.26. The van der Waals surface area contributed by atoms with Crippen LogP contribution in [0.2, 0.25) is 0 Å². The van der Waals surface area contributed by atoms with Crippen molar-refractivity contribution in [2.24, 2.45) is 0 Å². The Kier molecular flexibility index (Phi) is 4.87. The molecule has 0 unspecified atom stereocenters. The lowest BCUT2D eigenvalue weighted by atomic mass is 10.1. The van der Waals surface area contributed by atoms with Crippen molar-refractivity contribution in [2.75, 3.05) is 5.32 Å². The molecule has 0 aliphatic heterocycles. The van der Waals surface area contributed by atoms with Gasteiger partial charge in [0.25, 0.3) is 15.9 Å². The first kappa shape index (κ1) is 19.5. The van der Waals surface area contributed by atoms with Crippen molar-refractivity contribution in [2.45, 2.75) is 45.2 Å². The molecule has 2 aromatic heterocycles. The van der Waals surface area contributed by atoms with Gasteiger partial charge >= 0.3 is 0 Å². The molecule has 0 fully saturated rings. The number of aromatic nitrogens is 1. The van der Waals surface area contributed by atoms with Crippen LogP contribution < -0.4 is 10.0 Å². The molecule has 0 spiro atoms. The van der Waals surface area contributed by atoms with Crippen LogP contribution in [0.1, 0.15) is 42.5 Å². The zero-order chi connectivity index (χ0) is 20.0. The zero-order valence-corrected chi connectivity index (χ0v) is 17.3. The summed E-state index contributed by atoms with van der Waals surface area (Å²) in [5, 5.41) is 2.79. The molecule has 9 heteroatoms. The van der Waals surface area contributed by atoms with E-state index in [1.165, 1.54) is 23.5 Å². The van der Waals surface area contributed by atoms with Crippen LogP contribution in [0.3, 0.4) is 0 Å². The van der Waals surface area contributed by atoms with Crippen LogP contribution in [0, 0.1) is 13.8 Å². The van der Waals surface area contributed by atoms with E-state index in [1.54, 1.807) is 20.8 Å². The third kappa shape index (κ3) is 4.37. The van der Waals surface area contributed by atoms with Gasteiger partial charge in [-0.2, -0.15) is 0 Å². The molecular formula is C18H21N3O4S2. The standard InChI is InChI=1S/C18H21N3O4S2/c1-10-8-11(2)15-13(9-10)26-17(19-15)20-16(22)12-6-7-14(25-12)27(23,24)21-18(3,4)5/h6-9,21H,1-5H3,(H,19,20,22). The fourth-order valence-electron chi connectivity index (χ4n) is 2.62. The van der Waals surface area contributed by atoms with Gasteiger partial charge in [-0.25, -0.2) is 18.1 Å². The first-order valence-electron chi connectivity index (χ1n) is 8.27. The molecule has 144 valence electrons. The molecule has 0 radical (unpaired) electrons. The van der Waals surface area contributed by atoms with Crippen LogP contribution in [0.5, 0.6) is 0 Å². The van der Waals surface area contributed by atoms with Gasteiger partial charge in [-0.1, -0.05) is 17.4 Å². The zero-order valence-electron chi connectivity index (χ0n) is 15.7. The minimum atomic E-state index is -3.84. The Hall–Kier alpha value is -2.23. The summed E-state index contributed by atoms with van der Waals surface area (Å²) < 4.78 is 33.3. The SMILES string of the molecule is Cc1cc(C)c2nc(NC(=O)c3ccc(S(=O)(=O)NC(C)(C)C)o3)sc2c1. The highest BCUT2D eigenvalue weighted by atomic mass is 32.2. The van der Waals surface area contributed by atoms with E-state index >= 15 is 0 Å². The molecule has 0 aliphatic rings. The summed E-state index contributed by atoms with van der Waals surface area (Å²) >= 11 is 1.35. The monoisotopic (exact) mass is 407 g/mol. The van der Waals surface area contributed by atoms with Crippen molar-refractivity contribution in [1.82, 2.24) is 9.71 Å². The number of furan rings is 1. The van der Waals surface area contributed by atoms with Gasteiger partial charge in [0.1, 0.15) is 0 Å². The lowest BCUT2D eigenvalue weighted by Crippen LogP contribution is -2.40. The molecule has 1 amide bonds. The van der Waals surface area contributed by atoms with Crippen molar-refractivity contribution in [1.29, 1.82) is 0 Å². The second-order valence-corrected chi connectivity index (χ2v) is 10.0. The van der Waals surface area contributed by atoms with E-state index in [1.807, 2.05) is 26.0 Å². The van der Waals surface area contributed by atoms with Gasteiger partial charge in [-0.05, 0) is 63.9 Å². The molecule has 0 saturated carbocycles. The van der Waals surface area contributed by atoms with Crippen LogP contribution in [-0.2, 0) is 10.0 Å². The predicted octanol–water partition coefficient (Wildman–Crippen LogP) is 3.84. The quantitative estimate of drug-likeness (QED) is 0.684. The number of hydrogen-bond acceptors (Lipinski definition) is 6. The molecule has 3 aromatic rings. The normalized spacial score (nSPS) is 12.5. The summed E-state index contributed by atoms with van der Waals surface area (Å²) in [7, 11) is -3.84. The van der Waals surface area contributed by atoms with E-state index in [4.69, 9.17) is 4.42 Å². The largest absolute Gasteiger partial charge is 0.438 e. The van der Waals surface area contributed by atoms with Crippen molar-refractivity contribution in [3.05, 3.63) is 41.2 Å². The summed E-state index contributed by atoms with van der Waals surface area (Å²) in [5.74, 6) is -0.655. The summed E-state index contributed by atoms with van der Waals surface area (Å²) in [6.45, 7) is 9.13. The van der Waals surface area contributed by atoms with E-state index in [2.05, 4.69) is 15.0 Å². The van der Waals surface area contributed by atoms with Crippen LogP contribution >= 0.6 is 11.3 Å². The van der Waals surface area contributed by atoms with Gasteiger partial charge in [-0.15, -0.1) is 0 Å². The first-order valence-corrected chi connectivity index (χ1v) is 10.6. The molecule has 27 heavy (non-hydrogen) atoms. The maximum atomic E-state index is 12.4. The van der Waals surface area contributed by atoms with E-state index in [0.717, 1.165) is 21.3 Å². The van der Waals surface area contributed by atoms with Crippen molar-refractivity contribution >= 4 is 42.6 Å². The van der Waals surface area contributed by atoms with Gasteiger partial charge in [0.2, 0.25) is 5.09 Å². The number of sulfonamides is 1. The number of nitrogens with zero attached hydrogens (tertiary/aromatic N) is 1. The number of fused-ring (bicyclic) bond motifs is 1. The van der Waals surface area contributed by atoms with Crippen molar-refractivity contribution in [3.8, 4) is 0 Å². The Labute approximate surface area is 161 Å². The minimum absolute atomic E-state index is 0.101. The number of thiazole rings is 1. The number of aryl methyl sites for hydroxylation is 2. The molecule has 2 heterocycles. The fourth-order valence-corrected chi connectivity index (χ4v) is 5.01. The molecule has 3 rings (SSSR count). The number of amides is 1. The molecule has 2 N–H and O–H groups in total. The first-order chi connectivity index (χ1) is 12.4. The second kappa shape index (κ2) is 6.74. The predicted molar refractivity (Wildman–Crippen MR) is 106 cm³/mol. The van der Waals surface area contributed by atoms with Crippen LogP contribution in [0.15, 0.2) is 33.8 Å². The Morgan fingerprint density at radius 1 is 1.19 bits per heavy atom. The smallest absolute Gasteiger partial charge is 0.293 e. The van der Waals surface area contributed by atoms with E-state index in [0.29, 0.717) is 5.13 Å². The average molecular weight is 408 g/mol. The molecule has 0 aliphatic carbocycles. The Balaban J connectivity index is 1.82. The molecule has 7 nitrogen and oxygen atoms in total. The molecule has 0 saturated heterocycles. The number of rotatable bonds is 4. The van der Waals surface area contributed by atoms with Crippen molar-refractivity contribution < 1.29 is 17.6 Å². The summed E-state index contributed by atoms with van der Waals surface area (Å²) in [6, 6.07) is 6.62.